The van der Waals surface area contributed by atoms with Gasteiger partial charge in [0.05, 0.1) is 11.4 Å². The molecule has 0 fully saturated rings. The number of nitrogens with zero attached hydrogens (tertiary/aromatic N) is 2. The minimum atomic E-state index is -0.397. The summed E-state index contributed by atoms with van der Waals surface area (Å²) in [6.07, 6.45) is 0.801. The van der Waals surface area contributed by atoms with E-state index < -0.39 is 5.82 Å². The molecule has 2 aromatic rings. The predicted octanol–water partition coefficient (Wildman–Crippen LogP) is 2.83. The standard InChI is InChI=1S/C17H22FN3O2/c1-4-23-9-5-8-19-16-7-6-14(11-15(16)18)21-13(3)20-12(2)10-17(21)22/h6-7,10-11,19H,4-5,8-9H2,1-3H3. The third-order valence-corrected chi connectivity index (χ3v) is 3.41. The first-order valence-electron chi connectivity index (χ1n) is 7.71. The molecule has 1 N–H and O–H groups in total. The molecule has 0 atom stereocenters. The van der Waals surface area contributed by atoms with E-state index in [-0.39, 0.29) is 5.56 Å². The first-order chi connectivity index (χ1) is 11.0. The fourth-order valence-electron chi connectivity index (χ4n) is 2.38. The van der Waals surface area contributed by atoms with E-state index >= 15 is 0 Å². The fourth-order valence-corrected chi connectivity index (χ4v) is 2.38. The van der Waals surface area contributed by atoms with Crippen molar-refractivity contribution < 1.29 is 9.13 Å². The zero-order valence-electron chi connectivity index (χ0n) is 13.7. The van der Waals surface area contributed by atoms with Crippen molar-refractivity contribution in [3.8, 4) is 5.69 Å². The maximum Gasteiger partial charge on any atom is 0.258 e. The smallest absolute Gasteiger partial charge is 0.258 e. The highest BCUT2D eigenvalue weighted by Gasteiger charge is 2.09. The number of nitrogens with one attached hydrogen (secondary N) is 1. The topological polar surface area (TPSA) is 56.1 Å². The summed E-state index contributed by atoms with van der Waals surface area (Å²) in [5.41, 5.74) is 1.32. The van der Waals surface area contributed by atoms with E-state index in [2.05, 4.69) is 10.3 Å². The van der Waals surface area contributed by atoms with E-state index in [1.54, 1.807) is 26.0 Å². The third kappa shape index (κ3) is 4.39. The van der Waals surface area contributed by atoms with Crippen molar-refractivity contribution in [1.29, 1.82) is 0 Å². The summed E-state index contributed by atoms with van der Waals surface area (Å²) in [5.74, 6) is 0.137. The first kappa shape index (κ1) is 17.1. The molecule has 0 bridgehead atoms. The second-order valence-corrected chi connectivity index (χ2v) is 5.26. The van der Waals surface area contributed by atoms with Crippen molar-refractivity contribution in [3.05, 3.63) is 52.0 Å². The molecule has 1 aromatic carbocycles. The van der Waals surface area contributed by atoms with Gasteiger partial charge in [0.2, 0.25) is 0 Å². The zero-order valence-corrected chi connectivity index (χ0v) is 13.7. The van der Waals surface area contributed by atoms with Crippen molar-refractivity contribution in [1.82, 2.24) is 9.55 Å². The van der Waals surface area contributed by atoms with Crippen LogP contribution in [0.25, 0.3) is 5.69 Å². The van der Waals surface area contributed by atoms with Crippen LogP contribution >= 0.6 is 0 Å². The van der Waals surface area contributed by atoms with Gasteiger partial charge in [-0.3, -0.25) is 9.36 Å². The van der Waals surface area contributed by atoms with Crippen LogP contribution in [0, 0.1) is 19.7 Å². The number of hydrogen-bond acceptors (Lipinski definition) is 4. The number of benzene rings is 1. The van der Waals surface area contributed by atoms with E-state index in [1.165, 1.54) is 16.7 Å². The van der Waals surface area contributed by atoms with Gasteiger partial charge < -0.3 is 10.1 Å². The number of halogens is 1. The van der Waals surface area contributed by atoms with Gasteiger partial charge in [-0.25, -0.2) is 9.37 Å². The van der Waals surface area contributed by atoms with Gasteiger partial charge in [-0.1, -0.05) is 0 Å². The van der Waals surface area contributed by atoms with Gasteiger partial charge in [-0.2, -0.15) is 0 Å². The lowest BCUT2D eigenvalue weighted by Crippen LogP contribution is -2.22. The van der Waals surface area contributed by atoms with Crippen LogP contribution in [0.2, 0.25) is 0 Å². The Morgan fingerprint density at radius 2 is 2.09 bits per heavy atom. The van der Waals surface area contributed by atoms with Crippen molar-refractivity contribution in [2.45, 2.75) is 27.2 Å². The van der Waals surface area contributed by atoms with Gasteiger partial charge in [0.25, 0.3) is 5.56 Å². The van der Waals surface area contributed by atoms with Crippen LogP contribution < -0.4 is 10.9 Å². The Hall–Kier alpha value is -2.21. The van der Waals surface area contributed by atoms with E-state index in [0.717, 1.165) is 6.42 Å². The summed E-state index contributed by atoms with van der Waals surface area (Å²) >= 11 is 0. The van der Waals surface area contributed by atoms with Crippen LogP contribution in [-0.4, -0.2) is 29.3 Å². The lowest BCUT2D eigenvalue weighted by Gasteiger charge is -2.12. The number of aromatic nitrogens is 2. The van der Waals surface area contributed by atoms with E-state index in [1.807, 2.05) is 6.92 Å². The average molecular weight is 319 g/mol. The molecule has 0 saturated carbocycles. The molecule has 1 aromatic heterocycles. The molecule has 2 rings (SSSR count). The van der Waals surface area contributed by atoms with Gasteiger partial charge >= 0.3 is 0 Å². The largest absolute Gasteiger partial charge is 0.383 e. The molecule has 0 saturated heterocycles. The van der Waals surface area contributed by atoms with Crippen LogP contribution in [0.1, 0.15) is 24.9 Å². The number of ether oxygens (including phenoxy) is 1. The maximum atomic E-state index is 14.2. The lowest BCUT2D eigenvalue weighted by molar-refractivity contribution is 0.147. The molecule has 0 amide bonds. The average Bonchev–Trinajstić information content (AvgIpc) is 2.48. The summed E-state index contributed by atoms with van der Waals surface area (Å²) < 4.78 is 20.9. The third-order valence-electron chi connectivity index (χ3n) is 3.41. The molecule has 124 valence electrons. The highest BCUT2D eigenvalue weighted by atomic mass is 19.1. The monoisotopic (exact) mass is 319 g/mol. The minimum absolute atomic E-state index is 0.216. The van der Waals surface area contributed by atoms with Crippen molar-refractivity contribution >= 4 is 5.69 Å². The Morgan fingerprint density at radius 1 is 1.30 bits per heavy atom. The molecule has 0 aliphatic rings. The summed E-state index contributed by atoms with van der Waals surface area (Å²) in [4.78, 5) is 16.4. The summed E-state index contributed by atoms with van der Waals surface area (Å²) in [7, 11) is 0. The number of hydrogen-bond donors (Lipinski definition) is 1. The lowest BCUT2D eigenvalue weighted by atomic mass is 10.2. The van der Waals surface area contributed by atoms with Gasteiger partial charge in [-0.15, -0.1) is 0 Å². The number of anilines is 1. The Morgan fingerprint density at radius 3 is 2.74 bits per heavy atom. The van der Waals surface area contributed by atoms with Crippen LogP contribution in [-0.2, 0) is 4.74 Å². The second kappa shape index (κ2) is 7.87. The van der Waals surface area contributed by atoms with Crippen molar-refractivity contribution in [2.75, 3.05) is 25.1 Å². The minimum Gasteiger partial charge on any atom is -0.383 e. The molecule has 23 heavy (non-hydrogen) atoms. The molecule has 1 heterocycles. The quantitative estimate of drug-likeness (QED) is 0.797. The van der Waals surface area contributed by atoms with Crippen LogP contribution in [0.15, 0.2) is 29.1 Å². The van der Waals surface area contributed by atoms with Crippen LogP contribution in [0.4, 0.5) is 10.1 Å². The molecule has 6 heteroatoms. The van der Waals surface area contributed by atoms with E-state index in [9.17, 15) is 9.18 Å². The van der Waals surface area contributed by atoms with Crippen molar-refractivity contribution in [2.24, 2.45) is 0 Å². The Labute approximate surface area is 135 Å². The molecular weight excluding hydrogens is 297 g/mol. The SMILES string of the molecule is CCOCCCNc1ccc(-n2c(C)nc(C)cc2=O)cc1F. The molecule has 0 aliphatic carbocycles. The van der Waals surface area contributed by atoms with Crippen LogP contribution in [0.5, 0.6) is 0 Å². The van der Waals surface area contributed by atoms with Gasteiger partial charge in [0.15, 0.2) is 0 Å². The summed E-state index contributed by atoms with van der Waals surface area (Å²) in [6, 6.07) is 6.12. The predicted molar refractivity (Wildman–Crippen MR) is 88.9 cm³/mol. The molecule has 5 nitrogen and oxygen atoms in total. The normalized spacial score (nSPS) is 10.8. The zero-order chi connectivity index (χ0) is 16.8. The van der Waals surface area contributed by atoms with Gasteiger partial charge in [-0.05, 0) is 39.3 Å². The van der Waals surface area contributed by atoms with Gasteiger partial charge in [0.1, 0.15) is 11.6 Å². The molecule has 0 unspecified atom stereocenters. The highest BCUT2D eigenvalue weighted by molar-refractivity contribution is 5.50. The molecular formula is C17H22FN3O2. The van der Waals surface area contributed by atoms with E-state index in [4.69, 9.17) is 4.74 Å². The Balaban J connectivity index is 2.15. The molecule has 0 radical (unpaired) electrons. The van der Waals surface area contributed by atoms with Crippen LogP contribution in [0.3, 0.4) is 0 Å². The Bertz CT molecular complexity index is 728. The first-order valence-corrected chi connectivity index (χ1v) is 7.71. The molecule has 0 spiro atoms. The molecule has 0 aliphatic heterocycles. The number of rotatable bonds is 7. The van der Waals surface area contributed by atoms with E-state index in [0.29, 0.717) is 42.7 Å². The summed E-state index contributed by atoms with van der Waals surface area (Å²) in [5, 5.41) is 3.03. The second-order valence-electron chi connectivity index (χ2n) is 5.26. The highest BCUT2D eigenvalue weighted by Crippen LogP contribution is 2.18. The van der Waals surface area contributed by atoms with Crippen molar-refractivity contribution in [3.63, 3.8) is 0 Å². The fraction of sp³-hybridized carbons (Fsp3) is 0.412. The summed E-state index contributed by atoms with van der Waals surface area (Å²) in [6.45, 7) is 7.38. The number of aryl methyl sites for hydroxylation is 2. The van der Waals surface area contributed by atoms with Gasteiger partial charge in [0, 0.05) is 37.6 Å². The maximum absolute atomic E-state index is 14.2. The Kier molecular flexibility index (Phi) is 5.87.